The lowest BCUT2D eigenvalue weighted by Gasteiger charge is -2.56. The number of allylic oxidation sites excluding steroid dienone is 2. The molecule has 1 saturated heterocycles. The monoisotopic (exact) mass is 519 g/mol. The maximum atomic E-state index is 13.7. The molecule has 1 aliphatic heterocycles. The molecule has 1 amide bonds. The number of ether oxygens (including phenoxy) is 2. The van der Waals surface area contributed by atoms with Crippen molar-refractivity contribution in [2.24, 2.45) is 28.6 Å². The zero-order valence-electron chi connectivity index (χ0n) is 22.8. The molecule has 0 aromatic heterocycles. The Morgan fingerprint density at radius 3 is 2.58 bits per heavy atom. The van der Waals surface area contributed by atoms with Gasteiger partial charge < -0.3 is 19.5 Å². The van der Waals surface area contributed by atoms with Gasteiger partial charge in [0.25, 0.3) is 5.91 Å². The second kappa shape index (κ2) is 9.95. The molecule has 6 nitrogen and oxygen atoms in total. The van der Waals surface area contributed by atoms with Gasteiger partial charge in [-0.3, -0.25) is 9.59 Å². The van der Waals surface area contributed by atoms with Gasteiger partial charge in [0.15, 0.2) is 12.4 Å². The third kappa shape index (κ3) is 4.44. The summed E-state index contributed by atoms with van der Waals surface area (Å²) in [6.45, 7) is 7.05. The van der Waals surface area contributed by atoms with E-state index in [1.165, 1.54) is 5.57 Å². The van der Waals surface area contributed by atoms with Gasteiger partial charge in [-0.15, -0.1) is 0 Å². The number of amides is 1. The molecule has 1 aromatic rings. The number of Topliss-reactive ketones (excluding diaryl/α,β-unsaturated/α-hetero) is 1. The number of rotatable bonds is 4. The van der Waals surface area contributed by atoms with Crippen LogP contribution in [-0.4, -0.2) is 60.7 Å². The van der Waals surface area contributed by atoms with Crippen LogP contribution >= 0.6 is 0 Å². The number of ketones is 1. The zero-order valence-corrected chi connectivity index (χ0v) is 22.8. The highest BCUT2D eigenvalue weighted by atomic mass is 16.5. The van der Waals surface area contributed by atoms with Crippen molar-refractivity contribution in [3.8, 4) is 5.75 Å². The topological polar surface area (TPSA) is 76.1 Å². The predicted molar refractivity (Wildman–Crippen MR) is 145 cm³/mol. The molecule has 204 valence electrons. The van der Waals surface area contributed by atoms with Crippen LogP contribution < -0.4 is 4.74 Å². The molecule has 0 radical (unpaired) electrons. The number of carbonyl (C=O) groups is 2. The Balaban J connectivity index is 1.14. The minimum atomic E-state index is -0.272. The van der Waals surface area contributed by atoms with Crippen LogP contribution in [0.5, 0.6) is 5.75 Å². The van der Waals surface area contributed by atoms with E-state index < -0.39 is 0 Å². The number of benzene rings is 1. The molecule has 0 spiro atoms. The van der Waals surface area contributed by atoms with Crippen LogP contribution in [-0.2, 0) is 14.3 Å². The standard InChI is InChI=1S/C32H41NO5/c1-31-11-9-24(34)19-23(31)5-8-26-27(31)10-12-32(2)28(26)18-22(30(32)36)17-21-3-6-25(7-4-21)38-20-29(35)33-13-15-37-16-14-33/h3-7,17,24,26-28,34H,8-16,18-20H2,1-2H3/b22-17+/t24-,26+,27-,28-,31-,32-/m0/s1. The van der Waals surface area contributed by atoms with E-state index in [4.69, 9.17) is 9.47 Å². The average Bonchev–Trinajstić information content (AvgIpc) is 3.18. The van der Waals surface area contributed by atoms with E-state index in [2.05, 4.69) is 26.0 Å². The van der Waals surface area contributed by atoms with E-state index >= 15 is 0 Å². The van der Waals surface area contributed by atoms with Crippen LogP contribution in [0, 0.1) is 28.6 Å². The summed E-state index contributed by atoms with van der Waals surface area (Å²) in [6.07, 6.45) is 11.0. The van der Waals surface area contributed by atoms with Gasteiger partial charge in [0.1, 0.15) is 5.75 Å². The van der Waals surface area contributed by atoms with Crippen molar-refractivity contribution >= 4 is 17.8 Å². The highest BCUT2D eigenvalue weighted by Crippen LogP contribution is 2.64. The van der Waals surface area contributed by atoms with Gasteiger partial charge in [-0.25, -0.2) is 0 Å². The van der Waals surface area contributed by atoms with Crippen molar-refractivity contribution in [1.29, 1.82) is 0 Å². The molecule has 1 aromatic carbocycles. The molecular weight excluding hydrogens is 478 g/mol. The average molecular weight is 520 g/mol. The van der Waals surface area contributed by atoms with Crippen molar-refractivity contribution in [3.05, 3.63) is 47.1 Å². The van der Waals surface area contributed by atoms with E-state index in [9.17, 15) is 14.7 Å². The number of hydrogen-bond acceptors (Lipinski definition) is 5. The highest BCUT2D eigenvalue weighted by molar-refractivity contribution is 6.06. The van der Waals surface area contributed by atoms with Gasteiger partial charge in [0.2, 0.25) is 0 Å². The Kier molecular flexibility index (Phi) is 6.76. The number of aliphatic hydroxyl groups is 1. The first-order chi connectivity index (χ1) is 18.3. The third-order valence-electron chi connectivity index (χ3n) is 10.7. The Morgan fingerprint density at radius 2 is 1.82 bits per heavy atom. The first-order valence-electron chi connectivity index (χ1n) is 14.5. The lowest BCUT2D eigenvalue weighted by Crippen LogP contribution is -2.50. The van der Waals surface area contributed by atoms with Gasteiger partial charge in [-0.1, -0.05) is 37.6 Å². The number of morpholine rings is 1. The Labute approximate surface area is 226 Å². The SMILES string of the molecule is C[C@]12CC[C@H](O)CC1=CC[C@@H]1[C@@H]2CC[C@]2(C)C(=O)/C(=C/c3ccc(OCC(=O)N4CCOCC4)cc3)C[C@@H]12. The van der Waals surface area contributed by atoms with Gasteiger partial charge >= 0.3 is 0 Å². The first-order valence-corrected chi connectivity index (χ1v) is 14.5. The van der Waals surface area contributed by atoms with Gasteiger partial charge in [-0.2, -0.15) is 0 Å². The molecule has 0 bridgehead atoms. The zero-order chi connectivity index (χ0) is 26.5. The number of nitrogens with zero attached hydrogens (tertiary/aromatic N) is 1. The summed E-state index contributed by atoms with van der Waals surface area (Å²) in [5.74, 6) is 2.50. The van der Waals surface area contributed by atoms with Gasteiger partial charge in [0.05, 0.1) is 19.3 Å². The molecule has 1 N–H and O–H groups in total. The number of fused-ring (bicyclic) bond motifs is 5. The number of carbonyl (C=O) groups excluding carboxylic acids is 2. The summed E-state index contributed by atoms with van der Waals surface area (Å²) in [4.78, 5) is 27.9. The van der Waals surface area contributed by atoms with E-state index in [1.807, 2.05) is 24.3 Å². The first kappa shape index (κ1) is 25.8. The lowest BCUT2D eigenvalue weighted by atomic mass is 9.48. The lowest BCUT2D eigenvalue weighted by molar-refractivity contribution is -0.137. The van der Waals surface area contributed by atoms with E-state index in [-0.39, 0.29) is 29.4 Å². The molecule has 5 aliphatic rings. The number of aliphatic hydroxyl groups excluding tert-OH is 1. The summed E-state index contributed by atoms with van der Waals surface area (Å²) in [7, 11) is 0. The fourth-order valence-corrected chi connectivity index (χ4v) is 8.35. The predicted octanol–water partition coefficient (Wildman–Crippen LogP) is 4.81. The fraction of sp³-hybridized carbons (Fsp3) is 0.625. The maximum absolute atomic E-state index is 13.7. The molecule has 3 saturated carbocycles. The summed E-state index contributed by atoms with van der Waals surface area (Å²) in [5, 5.41) is 10.3. The van der Waals surface area contributed by atoms with Crippen molar-refractivity contribution in [1.82, 2.24) is 4.90 Å². The summed E-state index contributed by atoms with van der Waals surface area (Å²) < 4.78 is 11.0. The number of hydrogen-bond donors (Lipinski definition) is 1. The maximum Gasteiger partial charge on any atom is 0.260 e. The van der Waals surface area contributed by atoms with Crippen LogP contribution in [0.15, 0.2) is 41.5 Å². The largest absolute Gasteiger partial charge is 0.484 e. The molecule has 4 aliphatic carbocycles. The van der Waals surface area contributed by atoms with Crippen molar-refractivity contribution in [2.45, 2.75) is 64.9 Å². The summed E-state index contributed by atoms with van der Waals surface area (Å²) in [5.41, 5.74) is 3.32. The highest BCUT2D eigenvalue weighted by Gasteiger charge is 2.59. The van der Waals surface area contributed by atoms with Crippen LogP contribution in [0.3, 0.4) is 0 Å². The third-order valence-corrected chi connectivity index (χ3v) is 10.7. The Bertz CT molecular complexity index is 1150. The second-order valence-electron chi connectivity index (χ2n) is 12.7. The van der Waals surface area contributed by atoms with Crippen LogP contribution in [0.4, 0.5) is 0 Å². The van der Waals surface area contributed by atoms with Gasteiger partial charge in [-0.05, 0) is 97.5 Å². The van der Waals surface area contributed by atoms with Crippen LogP contribution in [0.25, 0.3) is 6.08 Å². The molecule has 6 atom stereocenters. The molecule has 4 fully saturated rings. The normalized spacial score (nSPS) is 37.8. The molecule has 1 heterocycles. The molecule has 6 rings (SSSR count). The Morgan fingerprint density at radius 1 is 1.08 bits per heavy atom. The van der Waals surface area contributed by atoms with Crippen molar-refractivity contribution in [2.75, 3.05) is 32.9 Å². The van der Waals surface area contributed by atoms with Crippen molar-refractivity contribution in [3.63, 3.8) is 0 Å². The van der Waals surface area contributed by atoms with E-state index in [0.717, 1.165) is 56.1 Å². The quantitative estimate of drug-likeness (QED) is 0.456. The van der Waals surface area contributed by atoms with Crippen molar-refractivity contribution < 1.29 is 24.2 Å². The summed E-state index contributed by atoms with van der Waals surface area (Å²) >= 11 is 0. The van der Waals surface area contributed by atoms with Crippen LogP contribution in [0.1, 0.15) is 64.4 Å². The Hall–Kier alpha value is -2.44. The second-order valence-corrected chi connectivity index (χ2v) is 12.7. The molecule has 38 heavy (non-hydrogen) atoms. The van der Waals surface area contributed by atoms with E-state index in [0.29, 0.717) is 55.6 Å². The van der Waals surface area contributed by atoms with E-state index in [1.54, 1.807) is 4.90 Å². The fourth-order valence-electron chi connectivity index (χ4n) is 8.35. The molecule has 6 heteroatoms. The minimum absolute atomic E-state index is 0.0202. The minimum Gasteiger partial charge on any atom is -0.484 e. The molecule has 0 unspecified atom stereocenters. The smallest absolute Gasteiger partial charge is 0.260 e. The van der Waals surface area contributed by atoms with Gasteiger partial charge in [0, 0.05) is 18.5 Å². The molecular formula is C32H41NO5. The van der Waals surface area contributed by atoms with Crippen LogP contribution in [0.2, 0.25) is 0 Å². The summed E-state index contributed by atoms with van der Waals surface area (Å²) in [6, 6.07) is 7.72.